The highest BCUT2D eigenvalue weighted by atomic mass is 32.1. The number of aryl methyl sites for hydroxylation is 1. The first-order chi connectivity index (χ1) is 7.75. The van der Waals surface area contributed by atoms with Crippen LogP contribution in [-0.2, 0) is 11.3 Å². The molecule has 16 heavy (non-hydrogen) atoms. The van der Waals surface area contributed by atoms with Gasteiger partial charge in [0.25, 0.3) is 0 Å². The third-order valence-corrected chi connectivity index (χ3v) is 4.00. The Morgan fingerprint density at radius 3 is 3.12 bits per heavy atom. The average Bonchev–Trinajstić information content (AvgIpc) is 2.87. The minimum atomic E-state index is 0.171. The third kappa shape index (κ3) is 2.95. The standard InChI is InChI=1S/C13H17NOS/c1-10-6-7-16-12(10)9-14-13(15)8-11-4-2-3-5-11/h2,4,6-7,11H,3,5,8-9H2,1H3,(H,14,15). The molecule has 0 bridgehead atoms. The lowest BCUT2D eigenvalue weighted by Gasteiger charge is -2.08. The van der Waals surface area contributed by atoms with Gasteiger partial charge in [0.15, 0.2) is 0 Å². The molecule has 2 rings (SSSR count). The van der Waals surface area contributed by atoms with Crippen molar-refractivity contribution in [1.82, 2.24) is 5.32 Å². The first-order valence-electron chi connectivity index (χ1n) is 5.72. The van der Waals surface area contributed by atoms with E-state index in [4.69, 9.17) is 0 Å². The van der Waals surface area contributed by atoms with Gasteiger partial charge in [0, 0.05) is 11.3 Å². The Morgan fingerprint density at radius 1 is 1.62 bits per heavy atom. The summed E-state index contributed by atoms with van der Waals surface area (Å²) in [5.74, 6) is 0.633. The van der Waals surface area contributed by atoms with Crippen LogP contribution >= 0.6 is 11.3 Å². The van der Waals surface area contributed by atoms with Crippen molar-refractivity contribution in [3.63, 3.8) is 0 Å². The third-order valence-electron chi connectivity index (χ3n) is 2.97. The molecule has 1 N–H and O–H groups in total. The Hall–Kier alpha value is -1.09. The molecule has 2 nitrogen and oxygen atoms in total. The van der Waals surface area contributed by atoms with Crippen LogP contribution in [0.4, 0.5) is 0 Å². The minimum absolute atomic E-state index is 0.171. The predicted octanol–water partition coefficient (Wildman–Crippen LogP) is 3.03. The summed E-state index contributed by atoms with van der Waals surface area (Å²) in [7, 11) is 0. The van der Waals surface area contributed by atoms with E-state index < -0.39 is 0 Å². The van der Waals surface area contributed by atoms with Gasteiger partial charge < -0.3 is 5.32 Å². The van der Waals surface area contributed by atoms with Crippen LogP contribution in [0.5, 0.6) is 0 Å². The monoisotopic (exact) mass is 235 g/mol. The van der Waals surface area contributed by atoms with E-state index >= 15 is 0 Å². The number of carbonyl (C=O) groups excluding carboxylic acids is 1. The summed E-state index contributed by atoms with van der Waals surface area (Å²) in [5, 5.41) is 5.06. The van der Waals surface area contributed by atoms with E-state index in [0.717, 1.165) is 12.8 Å². The molecule has 1 aromatic rings. The molecule has 0 fully saturated rings. The van der Waals surface area contributed by atoms with Crippen LogP contribution in [0.1, 0.15) is 29.7 Å². The van der Waals surface area contributed by atoms with Gasteiger partial charge in [-0.15, -0.1) is 11.3 Å². The number of rotatable bonds is 4. The van der Waals surface area contributed by atoms with E-state index in [1.54, 1.807) is 11.3 Å². The van der Waals surface area contributed by atoms with Crippen molar-refractivity contribution in [3.05, 3.63) is 34.0 Å². The lowest BCUT2D eigenvalue weighted by Crippen LogP contribution is -2.24. The van der Waals surface area contributed by atoms with Gasteiger partial charge in [-0.25, -0.2) is 0 Å². The second-order valence-electron chi connectivity index (χ2n) is 4.27. The van der Waals surface area contributed by atoms with Crippen LogP contribution in [0.3, 0.4) is 0 Å². The number of thiophene rings is 1. The Balaban J connectivity index is 1.75. The molecule has 86 valence electrons. The topological polar surface area (TPSA) is 29.1 Å². The van der Waals surface area contributed by atoms with Crippen LogP contribution < -0.4 is 5.32 Å². The van der Waals surface area contributed by atoms with Crippen molar-refractivity contribution in [2.45, 2.75) is 32.7 Å². The summed E-state index contributed by atoms with van der Waals surface area (Å²) in [4.78, 5) is 12.9. The van der Waals surface area contributed by atoms with Crippen LogP contribution in [0.25, 0.3) is 0 Å². The van der Waals surface area contributed by atoms with E-state index in [2.05, 4.69) is 35.8 Å². The van der Waals surface area contributed by atoms with Gasteiger partial charge in [-0.05, 0) is 42.7 Å². The number of hydrogen-bond donors (Lipinski definition) is 1. The molecule has 0 radical (unpaired) electrons. The Labute approximate surface area is 100 Å². The molecule has 0 spiro atoms. The van der Waals surface area contributed by atoms with Gasteiger partial charge >= 0.3 is 0 Å². The van der Waals surface area contributed by atoms with Crippen molar-refractivity contribution in [3.8, 4) is 0 Å². The molecule has 1 heterocycles. The molecule has 1 aliphatic carbocycles. The lowest BCUT2D eigenvalue weighted by molar-refractivity contribution is -0.121. The quantitative estimate of drug-likeness (QED) is 0.799. The molecule has 1 unspecified atom stereocenters. The fourth-order valence-electron chi connectivity index (χ4n) is 1.94. The van der Waals surface area contributed by atoms with Crippen molar-refractivity contribution < 1.29 is 4.79 Å². The summed E-state index contributed by atoms with van der Waals surface area (Å²) in [6, 6.07) is 2.09. The summed E-state index contributed by atoms with van der Waals surface area (Å²) < 4.78 is 0. The molecule has 0 saturated carbocycles. The van der Waals surface area contributed by atoms with Gasteiger partial charge in [0.1, 0.15) is 0 Å². The van der Waals surface area contributed by atoms with Crippen molar-refractivity contribution in [2.75, 3.05) is 0 Å². The molecule has 1 amide bonds. The van der Waals surface area contributed by atoms with Crippen LogP contribution in [0.15, 0.2) is 23.6 Å². The summed E-state index contributed by atoms with van der Waals surface area (Å²) >= 11 is 1.71. The van der Waals surface area contributed by atoms with Gasteiger partial charge in [0.05, 0.1) is 6.54 Å². The molecular weight excluding hydrogens is 218 g/mol. The molecule has 1 atom stereocenters. The minimum Gasteiger partial charge on any atom is -0.351 e. The van der Waals surface area contributed by atoms with E-state index in [-0.39, 0.29) is 5.91 Å². The fourth-order valence-corrected chi connectivity index (χ4v) is 2.79. The number of allylic oxidation sites excluding steroid dienone is 2. The molecular formula is C13H17NOS. The Morgan fingerprint density at radius 2 is 2.50 bits per heavy atom. The summed E-state index contributed by atoms with van der Waals surface area (Å²) in [5.41, 5.74) is 1.27. The molecule has 1 aliphatic rings. The maximum absolute atomic E-state index is 11.7. The van der Waals surface area contributed by atoms with Crippen molar-refractivity contribution in [1.29, 1.82) is 0 Å². The highest BCUT2D eigenvalue weighted by Crippen LogP contribution is 2.20. The van der Waals surface area contributed by atoms with Crippen molar-refractivity contribution >= 4 is 17.2 Å². The Bertz CT molecular complexity index is 394. The molecule has 0 aliphatic heterocycles. The molecule has 1 aromatic heterocycles. The van der Waals surface area contributed by atoms with E-state index in [1.807, 2.05) is 0 Å². The Kier molecular flexibility index (Phi) is 3.78. The highest BCUT2D eigenvalue weighted by Gasteiger charge is 2.13. The maximum Gasteiger partial charge on any atom is 0.220 e. The zero-order valence-corrected chi connectivity index (χ0v) is 10.3. The number of carbonyl (C=O) groups is 1. The second-order valence-corrected chi connectivity index (χ2v) is 5.27. The number of nitrogens with one attached hydrogen (secondary N) is 1. The zero-order chi connectivity index (χ0) is 11.4. The molecule has 0 aromatic carbocycles. The normalized spacial score (nSPS) is 18.9. The van der Waals surface area contributed by atoms with E-state index in [1.165, 1.54) is 10.4 Å². The highest BCUT2D eigenvalue weighted by molar-refractivity contribution is 7.10. The van der Waals surface area contributed by atoms with Crippen LogP contribution in [-0.4, -0.2) is 5.91 Å². The number of hydrogen-bond acceptors (Lipinski definition) is 2. The fraction of sp³-hybridized carbons (Fsp3) is 0.462. The van der Waals surface area contributed by atoms with Gasteiger partial charge in [-0.2, -0.15) is 0 Å². The average molecular weight is 235 g/mol. The molecule has 0 saturated heterocycles. The van der Waals surface area contributed by atoms with Gasteiger partial charge in [-0.1, -0.05) is 12.2 Å². The predicted molar refractivity (Wildman–Crippen MR) is 67.4 cm³/mol. The van der Waals surface area contributed by atoms with Crippen molar-refractivity contribution in [2.24, 2.45) is 5.92 Å². The van der Waals surface area contributed by atoms with E-state index in [0.29, 0.717) is 18.9 Å². The maximum atomic E-state index is 11.7. The second kappa shape index (κ2) is 5.30. The molecule has 3 heteroatoms. The van der Waals surface area contributed by atoms with Crippen LogP contribution in [0.2, 0.25) is 0 Å². The first kappa shape index (κ1) is 11.4. The summed E-state index contributed by atoms with van der Waals surface area (Å²) in [6.45, 7) is 2.76. The summed E-state index contributed by atoms with van der Waals surface area (Å²) in [6.07, 6.45) is 7.23. The van der Waals surface area contributed by atoms with E-state index in [9.17, 15) is 4.79 Å². The van der Waals surface area contributed by atoms with Crippen LogP contribution in [0, 0.1) is 12.8 Å². The number of amides is 1. The smallest absolute Gasteiger partial charge is 0.220 e. The zero-order valence-electron chi connectivity index (χ0n) is 9.53. The first-order valence-corrected chi connectivity index (χ1v) is 6.60. The largest absolute Gasteiger partial charge is 0.351 e. The van der Waals surface area contributed by atoms with Gasteiger partial charge in [-0.3, -0.25) is 4.79 Å². The lowest BCUT2D eigenvalue weighted by atomic mass is 10.1. The van der Waals surface area contributed by atoms with Gasteiger partial charge in [0.2, 0.25) is 5.91 Å². The SMILES string of the molecule is Cc1ccsc1CNC(=O)CC1C=CCC1.